The normalized spacial score (nSPS) is 30.9. The molecule has 0 spiro atoms. The first-order valence-electron chi connectivity index (χ1n) is 5.64. The van der Waals surface area contributed by atoms with Crippen LogP contribution in [-0.4, -0.2) is 18.6 Å². The molecule has 2 atom stereocenters. The molecule has 0 aromatic rings. The van der Waals surface area contributed by atoms with Crippen molar-refractivity contribution in [2.24, 2.45) is 17.1 Å². The van der Waals surface area contributed by atoms with Crippen molar-refractivity contribution in [3.8, 4) is 0 Å². The van der Waals surface area contributed by atoms with Crippen molar-refractivity contribution < 1.29 is 9.63 Å². The second-order valence-electron chi connectivity index (χ2n) is 5.05. The quantitative estimate of drug-likeness (QED) is 0.691. The number of rotatable bonds is 4. The van der Waals surface area contributed by atoms with Crippen LogP contribution in [0.3, 0.4) is 0 Å². The molecular formula is C11H22N2O2. The summed E-state index contributed by atoms with van der Waals surface area (Å²) >= 11 is 0. The number of nitrogens with one attached hydrogen (secondary N) is 1. The molecule has 0 saturated heterocycles. The highest BCUT2D eigenvalue weighted by Gasteiger charge is 2.43. The Morgan fingerprint density at radius 2 is 2.33 bits per heavy atom. The highest BCUT2D eigenvalue weighted by atomic mass is 16.7. The van der Waals surface area contributed by atoms with Gasteiger partial charge in [-0.25, -0.2) is 5.48 Å². The molecule has 0 bridgehead atoms. The van der Waals surface area contributed by atoms with Gasteiger partial charge in [0.15, 0.2) is 0 Å². The number of carbonyl (C=O) groups excluding carboxylic acids is 1. The highest BCUT2D eigenvalue weighted by molar-refractivity contribution is 5.82. The molecule has 0 heterocycles. The summed E-state index contributed by atoms with van der Waals surface area (Å²) in [5, 5.41) is 0. The Bertz CT molecular complexity index is 231. The van der Waals surface area contributed by atoms with Crippen molar-refractivity contribution in [3.05, 3.63) is 0 Å². The Morgan fingerprint density at radius 1 is 1.67 bits per heavy atom. The van der Waals surface area contributed by atoms with Gasteiger partial charge in [-0.3, -0.25) is 9.63 Å². The van der Waals surface area contributed by atoms with Gasteiger partial charge in [0.25, 0.3) is 5.91 Å². The molecule has 1 saturated carbocycles. The Labute approximate surface area is 91.5 Å². The van der Waals surface area contributed by atoms with E-state index in [1.54, 1.807) is 0 Å². The van der Waals surface area contributed by atoms with Crippen molar-refractivity contribution in [1.82, 2.24) is 5.48 Å². The third-order valence-electron chi connectivity index (χ3n) is 3.13. The van der Waals surface area contributed by atoms with Gasteiger partial charge in [-0.05, 0) is 25.7 Å². The molecule has 15 heavy (non-hydrogen) atoms. The molecule has 3 N–H and O–H groups in total. The third kappa shape index (κ3) is 2.92. The van der Waals surface area contributed by atoms with Crippen LogP contribution in [-0.2, 0) is 9.63 Å². The molecular weight excluding hydrogens is 192 g/mol. The van der Waals surface area contributed by atoms with Crippen LogP contribution in [0.2, 0.25) is 0 Å². The Kier molecular flexibility index (Phi) is 4.11. The smallest absolute Gasteiger partial charge is 0.251 e. The van der Waals surface area contributed by atoms with Crippen molar-refractivity contribution in [3.63, 3.8) is 0 Å². The van der Waals surface area contributed by atoms with E-state index in [0.29, 0.717) is 12.5 Å². The monoisotopic (exact) mass is 214 g/mol. The van der Waals surface area contributed by atoms with Crippen LogP contribution in [0.25, 0.3) is 0 Å². The van der Waals surface area contributed by atoms with Crippen LogP contribution in [0, 0.1) is 11.3 Å². The van der Waals surface area contributed by atoms with E-state index in [0.717, 1.165) is 19.3 Å². The fourth-order valence-corrected chi connectivity index (χ4v) is 1.87. The van der Waals surface area contributed by atoms with Gasteiger partial charge in [0, 0.05) is 6.04 Å². The predicted octanol–water partition coefficient (Wildman–Crippen LogP) is 1.21. The Hall–Kier alpha value is -0.610. The van der Waals surface area contributed by atoms with Gasteiger partial charge in [0.05, 0.1) is 12.0 Å². The first-order chi connectivity index (χ1) is 6.97. The summed E-state index contributed by atoms with van der Waals surface area (Å²) in [7, 11) is 0. The van der Waals surface area contributed by atoms with Gasteiger partial charge in [-0.1, -0.05) is 20.3 Å². The molecule has 1 amide bonds. The zero-order valence-electron chi connectivity index (χ0n) is 9.88. The summed E-state index contributed by atoms with van der Waals surface area (Å²) in [6.07, 6.45) is 2.80. The van der Waals surface area contributed by atoms with Gasteiger partial charge in [-0.15, -0.1) is 0 Å². The van der Waals surface area contributed by atoms with Crippen LogP contribution in [0.15, 0.2) is 0 Å². The molecule has 1 rings (SSSR count). The number of nitrogens with two attached hydrogens (primary N) is 1. The molecule has 2 unspecified atom stereocenters. The lowest BCUT2D eigenvalue weighted by Crippen LogP contribution is -2.47. The van der Waals surface area contributed by atoms with E-state index in [1.807, 2.05) is 20.8 Å². The molecule has 88 valence electrons. The van der Waals surface area contributed by atoms with E-state index < -0.39 is 5.41 Å². The second kappa shape index (κ2) is 4.94. The maximum Gasteiger partial charge on any atom is 0.251 e. The van der Waals surface area contributed by atoms with Crippen molar-refractivity contribution in [2.75, 3.05) is 6.61 Å². The van der Waals surface area contributed by atoms with E-state index in [1.165, 1.54) is 0 Å². The minimum atomic E-state index is -0.447. The van der Waals surface area contributed by atoms with Crippen LogP contribution in [0.4, 0.5) is 0 Å². The average Bonchev–Trinajstić information content (AvgIpc) is 2.47. The largest absolute Gasteiger partial charge is 0.327 e. The molecule has 1 fully saturated rings. The van der Waals surface area contributed by atoms with Gasteiger partial charge in [0.1, 0.15) is 0 Å². The lowest BCUT2D eigenvalue weighted by molar-refractivity contribution is -0.144. The summed E-state index contributed by atoms with van der Waals surface area (Å²) in [6.45, 7) is 6.53. The first-order valence-corrected chi connectivity index (χ1v) is 5.64. The Morgan fingerprint density at radius 3 is 2.80 bits per heavy atom. The molecule has 0 aromatic heterocycles. The average molecular weight is 214 g/mol. The topological polar surface area (TPSA) is 64.3 Å². The first kappa shape index (κ1) is 12.5. The standard InChI is InChI=1S/C11H22N2O2/c1-8(2)7-15-13-10(14)11(3)6-4-5-9(11)12/h8-9H,4-7,12H2,1-3H3,(H,13,14). The predicted molar refractivity (Wildman–Crippen MR) is 58.9 cm³/mol. The maximum atomic E-state index is 11.8. The minimum absolute atomic E-state index is 0.0415. The van der Waals surface area contributed by atoms with Crippen molar-refractivity contribution >= 4 is 5.91 Å². The SMILES string of the molecule is CC(C)CONC(=O)C1(C)CCCC1N. The Balaban J connectivity index is 2.39. The van der Waals surface area contributed by atoms with E-state index in [4.69, 9.17) is 10.6 Å². The number of amides is 1. The van der Waals surface area contributed by atoms with Crippen LogP contribution >= 0.6 is 0 Å². The zero-order valence-corrected chi connectivity index (χ0v) is 9.88. The minimum Gasteiger partial charge on any atom is -0.327 e. The zero-order chi connectivity index (χ0) is 11.5. The molecule has 0 aromatic carbocycles. The van der Waals surface area contributed by atoms with Gasteiger partial charge in [0.2, 0.25) is 0 Å². The van der Waals surface area contributed by atoms with E-state index in [-0.39, 0.29) is 11.9 Å². The molecule has 4 nitrogen and oxygen atoms in total. The molecule has 0 radical (unpaired) electrons. The summed E-state index contributed by atoms with van der Waals surface area (Å²) < 4.78 is 0. The van der Waals surface area contributed by atoms with Crippen LogP contribution in [0.1, 0.15) is 40.0 Å². The number of carbonyl (C=O) groups is 1. The van der Waals surface area contributed by atoms with Crippen molar-refractivity contribution in [2.45, 2.75) is 46.1 Å². The van der Waals surface area contributed by atoms with Gasteiger partial charge in [-0.2, -0.15) is 0 Å². The summed E-state index contributed by atoms with van der Waals surface area (Å²) in [4.78, 5) is 17.0. The fourth-order valence-electron chi connectivity index (χ4n) is 1.87. The molecule has 4 heteroatoms. The van der Waals surface area contributed by atoms with Gasteiger partial charge >= 0.3 is 0 Å². The summed E-state index contributed by atoms with van der Waals surface area (Å²) in [5.41, 5.74) is 7.99. The second-order valence-corrected chi connectivity index (χ2v) is 5.05. The lowest BCUT2D eigenvalue weighted by atomic mass is 9.84. The van der Waals surface area contributed by atoms with E-state index >= 15 is 0 Å². The molecule has 0 aliphatic heterocycles. The van der Waals surface area contributed by atoms with Crippen LogP contribution < -0.4 is 11.2 Å². The van der Waals surface area contributed by atoms with Crippen LogP contribution in [0.5, 0.6) is 0 Å². The summed E-state index contributed by atoms with van der Waals surface area (Å²) in [5.74, 6) is 0.337. The lowest BCUT2D eigenvalue weighted by Gasteiger charge is -2.27. The van der Waals surface area contributed by atoms with E-state index in [2.05, 4.69) is 5.48 Å². The number of hydrogen-bond acceptors (Lipinski definition) is 3. The summed E-state index contributed by atoms with van der Waals surface area (Å²) in [6, 6.07) is -0.0415. The number of hydroxylamine groups is 1. The third-order valence-corrected chi connectivity index (χ3v) is 3.13. The maximum absolute atomic E-state index is 11.8. The number of hydrogen-bond donors (Lipinski definition) is 2. The fraction of sp³-hybridized carbons (Fsp3) is 0.909. The highest BCUT2D eigenvalue weighted by Crippen LogP contribution is 2.36. The van der Waals surface area contributed by atoms with Crippen molar-refractivity contribution in [1.29, 1.82) is 0 Å². The molecule has 1 aliphatic rings. The van der Waals surface area contributed by atoms with E-state index in [9.17, 15) is 4.79 Å². The van der Waals surface area contributed by atoms with Gasteiger partial charge < -0.3 is 5.73 Å². The molecule has 1 aliphatic carbocycles.